The maximum absolute atomic E-state index is 11.8. The van der Waals surface area contributed by atoms with Crippen molar-refractivity contribution in [2.24, 2.45) is 0 Å². The van der Waals surface area contributed by atoms with Crippen LogP contribution in [0.5, 0.6) is 0 Å². The van der Waals surface area contributed by atoms with Gasteiger partial charge in [0.2, 0.25) is 0 Å². The molecule has 0 unspecified atom stereocenters. The highest BCUT2D eigenvalue weighted by Gasteiger charge is 2.10. The van der Waals surface area contributed by atoms with Gasteiger partial charge in [0.15, 0.2) is 0 Å². The van der Waals surface area contributed by atoms with E-state index in [9.17, 15) is 9.59 Å². The van der Waals surface area contributed by atoms with E-state index in [1.165, 1.54) is 22.9 Å². The standard InChI is InChI=1S/C12H9ClN2O3/c13-10-4-3-8(6-14-10)7-15-5-1-2-9(11(15)16)12(17)18/h1-6H,7H2,(H,17,18). The fraction of sp³-hybridized carbons (Fsp3) is 0.0833. The third kappa shape index (κ3) is 2.57. The van der Waals surface area contributed by atoms with Gasteiger partial charge >= 0.3 is 5.97 Å². The monoisotopic (exact) mass is 264 g/mol. The summed E-state index contributed by atoms with van der Waals surface area (Å²) in [6.07, 6.45) is 3.07. The van der Waals surface area contributed by atoms with Gasteiger partial charge in [0.1, 0.15) is 10.7 Å². The molecule has 0 bridgehead atoms. The summed E-state index contributed by atoms with van der Waals surface area (Å²) in [5, 5.41) is 9.22. The Kier molecular flexibility index (Phi) is 3.43. The average Bonchev–Trinajstić information content (AvgIpc) is 2.34. The first-order valence-electron chi connectivity index (χ1n) is 5.11. The average molecular weight is 265 g/mol. The molecule has 0 radical (unpaired) electrons. The second-order valence-corrected chi connectivity index (χ2v) is 4.04. The summed E-state index contributed by atoms with van der Waals surface area (Å²) in [7, 11) is 0. The van der Waals surface area contributed by atoms with Crippen LogP contribution in [0.15, 0.2) is 41.5 Å². The van der Waals surface area contributed by atoms with E-state index in [4.69, 9.17) is 16.7 Å². The van der Waals surface area contributed by atoms with Crippen LogP contribution in [0.1, 0.15) is 15.9 Å². The number of hydrogen-bond donors (Lipinski definition) is 1. The third-order valence-electron chi connectivity index (χ3n) is 2.39. The van der Waals surface area contributed by atoms with Crippen LogP contribution in [-0.4, -0.2) is 20.6 Å². The van der Waals surface area contributed by atoms with E-state index < -0.39 is 11.5 Å². The lowest BCUT2D eigenvalue weighted by Gasteiger charge is -2.06. The molecule has 0 amide bonds. The summed E-state index contributed by atoms with van der Waals surface area (Å²) in [5.41, 5.74) is -0.0246. The van der Waals surface area contributed by atoms with E-state index in [1.807, 2.05) is 0 Å². The summed E-state index contributed by atoms with van der Waals surface area (Å²) in [6.45, 7) is 0.254. The lowest BCUT2D eigenvalue weighted by atomic mass is 10.2. The molecule has 2 aromatic rings. The number of aromatic carboxylic acids is 1. The molecule has 2 rings (SSSR count). The third-order valence-corrected chi connectivity index (χ3v) is 2.62. The molecular weight excluding hydrogens is 256 g/mol. The molecule has 92 valence electrons. The minimum absolute atomic E-state index is 0.251. The number of carbonyl (C=O) groups is 1. The first-order valence-corrected chi connectivity index (χ1v) is 5.49. The highest BCUT2D eigenvalue weighted by Crippen LogP contribution is 2.06. The molecule has 0 atom stereocenters. The van der Waals surface area contributed by atoms with Crippen molar-refractivity contribution >= 4 is 17.6 Å². The van der Waals surface area contributed by atoms with Gasteiger partial charge in [-0.05, 0) is 23.8 Å². The molecule has 1 N–H and O–H groups in total. The Balaban J connectivity index is 2.35. The number of halogens is 1. The molecule has 0 fully saturated rings. The predicted octanol–water partition coefficient (Wildman–Crippen LogP) is 1.64. The largest absolute Gasteiger partial charge is 0.477 e. The van der Waals surface area contributed by atoms with Crippen molar-refractivity contribution in [1.29, 1.82) is 0 Å². The Morgan fingerprint density at radius 2 is 2.17 bits per heavy atom. The van der Waals surface area contributed by atoms with E-state index in [0.29, 0.717) is 5.15 Å². The van der Waals surface area contributed by atoms with Gasteiger partial charge in [-0.3, -0.25) is 4.79 Å². The van der Waals surface area contributed by atoms with Crippen molar-refractivity contribution in [2.75, 3.05) is 0 Å². The van der Waals surface area contributed by atoms with Crippen molar-refractivity contribution in [2.45, 2.75) is 6.54 Å². The maximum atomic E-state index is 11.8. The highest BCUT2D eigenvalue weighted by molar-refractivity contribution is 6.29. The summed E-state index contributed by atoms with van der Waals surface area (Å²) in [4.78, 5) is 26.5. The Morgan fingerprint density at radius 3 is 2.78 bits per heavy atom. The van der Waals surface area contributed by atoms with Crippen LogP contribution in [0, 0.1) is 0 Å². The zero-order valence-corrected chi connectivity index (χ0v) is 9.96. The van der Waals surface area contributed by atoms with E-state index in [0.717, 1.165) is 5.56 Å². The molecule has 5 nitrogen and oxygen atoms in total. The number of nitrogens with zero attached hydrogens (tertiary/aromatic N) is 2. The van der Waals surface area contributed by atoms with Crippen molar-refractivity contribution in [1.82, 2.24) is 9.55 Å². The molecule has 0 aliphatic carbocycles. The van der Waals surface area contributed by atoms with E-state index in [1.54, 1.807) is 18.3 Å². The van der Waals surface area contributed by atoms with E-state index in [2.05, 4.69) is 4.98 Å². The normalized spacial score (nSPS) is 10.3. The summed E-state index contributed by atoms with van der Waals surface area (Å²) >= 11 is 5.66. The zero-order chi connectivity index (χ0) is 13.1. The summed E-state index contributed by atoms with van der Waals surface area (Å²) < 4.78 is 1.31. The number of rotatable bonds is 3. The molecule has 18 heavy (non-hydrogen) atoms. The molecule has 0 aromatic carbocycles. The number of pyridine rings is 2. The molecule has 2 heterocycles. The second-order valence-electron chi connectivity index (χ2n) is 3.65. The van der Waals surface area contributed by atoms with E-state index >= 15 is 0 Å². The molecule has 0 saturated carbocycles. The van der Waals surface area contributed by atoms with Crippen molar-refractivity contribution in [3.8, 4) is 0 Å². The van der Waals surface area contributed by atoms with Gasteiger partial charge < -0.3 is 9.67 Å². The quantitative estimate of drug-likeness (QED) is 0.856. The number of carboxylic acids is 1. The second kappa shape index (κ2) is 5.01. The SMILES string of the molecule is O=C(O)c1cccn(Cc2ccc(Cl)nc2)c1=O. The van der Waals surface area contributed by atoms with Crippen LogP contribution < -0.4 is 5.56 Å². The van der Waals surface area contributed by atoms with Crippen LogP contribution >= 0.6 is 11.6 Å². The molecule has 0 spiro atoms. The molecule has 6 heteroatoms. The first kappa shape index (κ1) is 12.3. The fourth-order valence-corrected chi connectivity index (χ4v) is 1.63. The number of aromatic nitrogens is 2. The maximum Gasteiger partial charge on any atom is 0.341 e. The summed E-state index contributed by atoms with van der Waals surface area (Å²) in [6, 6.07) is 6.15. The lowest BCUT2D eigenvalue weighted by Crippen LogP contribution is -2.25. The Hall–Kier alpha value is -2.14. The van der Waals surface area contributed by atoms with Gasteiger partial charge in [0.05, 0.1) is 6.54 Å². The van der Waals surface area contributed by atoms with Gasteiger partial charge in [-0.1, -0.05) is 17.7 Å². The van der Waals surface area contributed by atoms with Crippen molar-refractivity contribution < 1.29 is 9.90 Å². The predicted molar refractivity (Wildman–Crippen MR) is 66.0 cm³/mol. The Morgan fingerprint density at radius 1 is 1.39 bits per heavy atom. The smallest absolute Gasteiger partial charge is 0.341 e. The van der Waals surface area contributed by atoms with E-state index in [-0.39, 0.29) is 12.1 Å². The van der Waals surface area contributed by atoms with Crippen molar-refractivity contribution in [3.05, 3.63) is 63.3 Å². The van der Waals surface area contributed by atoms with Crippen LogP contribution in [-0.2, 0) is 6.54 Å². The minimum atomic E-state index is -1.23. The molecule has 0 saturated heterocycles. The van der Waals surface area contributed by atoms with Crippen LogP contribution in [0.4, 0.5) is 0 Å². The summed E-state index contributed by atoms with van der Waals surface area (Å²) in [5.74, 6) is -1.23. The molecule has 0 aliphatic heterocycles. The van der Waals surface area contributed by atoms with Gasteiger partial charge in [-0.2, -0.15) is 0 Å². The lowest BCUT2D eigenvalue weighted by molar-refractivity contribution is 0.0694. The minimum Gasteiger partial charge on any atom is -0.477 e. The van der Waals surface area contributed by atoms with Crippen LogP contribution in [0.25, 0.3) is 0 Å². The molecule has 0 aliphatic rings. The first-order chi connectivity index (χ1) is 8.58. The van der Waals surface area contributed by atoms with Crippen LogP contribution in [0.2, 0.25) is 5.15 Å². The molecular formula is C12H9ClN2O3. The fourth-order valence-electron chi connectivity index (χ4n) is 1.52. The number of hydrogen-bond acceptors (Lipinski definition) is 3. The van der Waals surface area contributed by atoms with Gasteiger partial charge in [0.25, 0.3) is 5.56 Å². The molecule has 2 aromatic heterocycles. The van der Waals surface area contributed by atoms with Gasteiger partial charge in [0, 0.05) is 12.4 Å². The van der Waals surface area contributed by atoms with Gasteiger partial charge in [-0.15, -0.1) is 0 Å². The number of carboxylic acid groups (broad SMARTS) is 1. The topological polar surface area (TPSA) is 72.2 Å². The van der Waals surface area contributed by atoms with Gasteiger partial charge in [-0.25, -0.2) is 9.78 Å². The van der Waals surface area contributed by atoms with Crippen molar-refractivity contribution in [3.63, 3.8) is 0 Å². The Labute approximate surface area is 107 Å². The highest BCUT2D eigenvalue weighted by atomic mass is 35.5. The van der Waals surface area contributed by atoms with Crippen LogP contribution in [0.3, 0.4) is 0 Å². The zero-order valence-electron chi connectivity index (χ0n) is 9.21. The Bertz CT molecular complexity index is 635.